The summed E-state index contributed by atoms with van der Waals surface area (Å²) < 4.78 is 0. The molecule has 1 aromatic carbocycles. The quantitative estimate of drug-likeness (QED) is 0.941. The lowest BCUT2D eigenvalue weighted by Gasteiger charge is -2.26. The van der Waals surface area contributed by atoms with Crippen molar-refractivity contribution in [2.24, 2.45) is 0 Å². The van der Waals surface area contributed by atoms with Crippen molar-refractivity contribution in [3.63, 3.8) is 0 Å². The van der Waals surface area contributed by atoms with Gasteiger partial charge in [0, 0.05) is 38.8 Å². The van der Waals surface area contributed by atoms with Crippen molar-refractivity contribution >= 4 is 29.0 Å². The maximum Gasteiger partial charge on any atom is 0.256 e. The van der Waals surface area contributed by atoms with Gasteiger partial charge in [0.2, 0.25) is 5.91 Å². The highest BCUT2D eigenvalue weighted by atomic mass is 16.2. The molecule has 2 aromatic rings. The largest absolute Gasteiger partial charge is 0.376 e. The number of nitrogens with zero attached hydrogens (tertiary/aromatic N) is 3. The van der Waals surface area contributed by atoms with E-state index >= 15 is 0 Å². The molecule has 0 radical (unpaired) electrons. The van der Waals surface area contributed by atoms with Gasteiger partial charge < -0.3 is 15.1 Å². The number of carbonyl (C=O) groups excluding carboxylic acids is 2. The van der Waals surface area contributed by atoms with Gasteiger partial charge >= 0.3 is 0 Å². The first-order valence-electron chi connectivity index (χ1n) is 7.80. The summed E-state index contributed by atoms with van der Waals surface area (Å²) in [5.41, 5.74) is 3.42. The minimum Gasteiger partial charge on any atom is -0.376 e. The van der Waals surface area contributed by atoms with Crippen LogP contribution in [0.15, 0.2) is 36.5 Å². The Hall–Kier alpha value is -2.89. The molecule has 1 aromatic heterocycles. The van der Waals surface area contributed by atoms with Gasteiger partial charge in [0.05, 0.1) is 11.9 Å². The predicted molar refractivity (Wildman–Crippen MR) is 94.7 cm³/mol. The van der Waals surface area contributed by atoms with Crippen LogP contribution in [-0.4, -0.2) is 37.9 Å². The van der Waals surface area contributed by atoms with Gasteiger partial charge in [-0.25, -0.2) is 4.98 Å². The summed E-state index contributed by atoms with van der Waals surface area (Å²) in [6, 6.07) is 9.08. The van der Waals surface area contributed by atoms with Gasteiger partial charge in [-0.2, -0.15) is 0 Å². The Morgan fingerprint density at radius 3 is 2.67 bits per heavy atom. The molecule has 0 bridgehead atoms. The molecule has 0 unspecified atom stereocenters. The number of amides is 2. The van der Waals surface area contributed by atoms with Gasteiger partial charge in [-0.05, 0) is 42.3 Å². The molecule has 0 saturated heterocycles. The van der Waals surface area contributed by atoms with Gasteiger partial charge in [-0.1, -0.05) is 0 Å². The Balaban J connectivity index is 1.77. The van der Waals surface area contributed by atoms with Crippen LogP contribution >= 0.6 is 0 Å². The zero-order valence-electron chi connectivity index (χ0n) is 14.0. The third-order valence-corrected chi connectivity index (χ3v) is 4.19. The summed E-state index contributed by atoms with van der Waals surface area (Å²) in [6.45, 7) is 0. The van der Waals surface area contributed by atoms with Crippen LogP contribution in [0.25, 0.3) is 0 Å². The van der Waals surface area contributed by atoms with Crippen LogP contribution < -0.4 is 15.1 Å². The average molecular weight is 324 g/mol. The second-order valence-electron chi connectivity index (χ2n) is 6.05. The van der Waals surface area contributed by atoms with E-state index in [4.69, 9.17) is 0 Å². The first-order chi connectivity index (χ1) is 11.5. The number of anilines is 3. The lowest BCUT2D eigenvalue weighted by Crippen LogP contribution is -2.31. The number of fused-ring (bicyclic) bond motifs is 1. The number of aromatic nitrogens is 1. The molecule has 0 aliphatic carbocycles. The van der Waals surface area contributed by atoms with Gasteiger partial charge in [0.1, 0.15) is 5.82 Å². The van der Waals surface area contributed by atoms with Gasteiger partial charge in [0.15, 0.2) is 0 Å². The lowest BCUT2D eigenvalue weighted by atomic mass is 9.99. The molecule has 3 rings (SSSR count). The maximum atomic E-state index is 12.4. The molecule has 6 nitrogen and oxygen atoms in total. The fourth-order valence-corrected chi connectivity index (χ4v) is 2.71. The summed E-state index contributed by atoms with van der Waals surface area (Å²) in [4.78, 5) is 32.0. The Kier molecular flexibility index (Phi) is 4.20. The monoisotopic (exact) mass is 324 g/mol. The maximum absolute atomic E-state index is 12.4. The van der Waals surface area contributed by atoms with Crippen LogP contribution in [0.5, 0.6) is 0 Å². The summed E-state index contributed by atoms with van der Waals surface area (Å²) in [6.07, 6.45) is 2.85. The second-order valence-corrected chi connectivity index (χ2v) is 6.05. The first kappa shape index (κ1) is 16.0. The van der Waals surface area contributed by atoms with Crippen molar-refractivity contribution in [2.75, 3.05) is 36.3 Å². The van der Waals surface area contributed by atoms with Crippen LogP contribution in [0.3, 0.4) is 0 Å². The molecule has 24 heavy (non-hydrogen) atoms. The standard InChI is InChI=1S/C18H20N4O2/c1-21(2)14-6-8-16(19-11-14)20-18(24)13-4-7-15-12(10-13)5-9-17(23)22(15)3/h4,6-8,10-11H,5,9H2,1-3H3,(H,19,20,24). The van der Waals surface area contributed by atoms with E-state index in [1.807, 2.05) is 37.2 Å². The first-order valence-corrected chi connectivity index (χ1v) is 7.80. The Labute approximate surface area is 141 Å². The topological polar surface area (TPSA) is 65.5 Å². The number of rotatable bonds is 3. The van der Waals surface area contributed by atoms with E-state index in [1.165, 1.54) is 0 Å². The molecule has 0 fully saturated rings. The second kappa shape index (κ2) is 6.31. The summed E-state index contributed by atoms with van der Waals surface area (Å²) in [5.74, 6) is 0.406. The number of carbonyl (C=O) groups is 2. The van der Waals surface area contributed by atoms with Crippen molar-refractivity contribution in [2.45, 2.75) is 12.8 Å². The van der Waals surface area contributed by atoms with Crippen molar-refractivity contribution in [1.29, 1.82) is 0 Å². The van der Waals surface area contributed by atoms with E-state index in [1.54, 1.807) is 30.3 Å². The minimum atomic E-state index is -0.206. The highest BCUT2D eigenvalue weighted by Gasteiger charge is 2.21. The molecule has 1 aliphatic heterocycles. The average Bonchev–Trinajstić information content (AvgIpc) is 2.58. The molecule has 6 heteroatoms. The Morgan fingerprint density at radius 2 is 2.00 bits per heavy atom. The van der Waals surface area contributed by atoms with Crippen LogP contribution in [0.4, 0.5) is 17.2 Å². The molecular formula is C18H20N4O2. The normalized spacial score (nSPS) is 13.5. The van der Waals surface area contributed by atoms with Gasteiger partial charge in [-0.3, -0.25) is 9.59 Å². The number of benzene rings is 1. The fourth-order valence-electron chi connectivity index (χ4n) is 2.71. The number of nitrogens with one attached hydrogen (secondary N) is 1. The van der Waals surface area contributed by atoms with Crippen molar-refractivity contribution < 1.29 is 9.59 Å². The Morgan fingerprint density at radius 1 is 1.21 bits per heavy atom. The summed E-state index contributed by atoms with van der Waals surface area (Å²) >= 11 is 0. The van der Waals surface area contributed by atoms with Crippen molar-refractivity contribution in [1.82, 2.24) is 4.98 Å². The van der Waals surface area contributed by atoms with Gasteiger partial charge in [-0.15, -0.1) is 0 Å². The molecule has 2 heterocycles. The van der Waals surface area contributed by atoms with E-state index in [0.29, 0.717) is 24.2 Å². The predicted octanol–water partition coefficient (Wildman–Crippen LogP) is 2.31. The third kappa shape index (κ3) is 3.08. The molecule has 124 valence electrons. The number of pyridine rings is 1. The zero-order chi connectivity index (χ0) is 17.3. The van der Waals surface area contributed by atoms with Crippen molar-refractivity contribution in [3.8, 4) is 0 Å². The molecule has 0 saturated carbocycles. The van der Waals surface area contributed by atoms with Crippen LogP contribution in [0.2, 0.25) is 0 Å². The highest BCUT2D eigenvalue weighted by molar-refractivity contribution is 6.05. The van der Waals surface area contributed by atoms with E-state index < -0.39 is 0 Å². The number of hydrogen-bond acceptors (Lipinski definition) is 4. The number of aryl methyl sites for hydroxylation is 1. The van der Waals surface area contributed by atoms with E-state index in [9.17, 15) is 9.59 Å². The van der Waals surface area contributed by atoms with E-state index in [-0.39, 0.29) is 11.8 Å². The van der Waals surface area contributed by atoms with Crippen LogP contribution in [-0.2, 0) is 11.2 Å². The zero-order valence-corrected chi connectivity index (χ0v) is 14.0. The summed E-state index contributed by atoms with van der Waals surface area (Å²) in [7, 11) is 5.63. The molecule has 0 spiro atoms. The van der Waals surface area contributed by atoms with Crippen LogP contribution in [0, 0.1) is 0 Å². The number of hydrogen-bond donors (Lipinski definition) is 1. The highest BCUT2D eigenvalue weighted by Crippen LogP contribution is 2.27. The van der Waals surface area contributed by atoms with E-state index in [0.717, 1.165) is 16.9 Å². The molecule has 1 N–H and O–H groups in total. The fraction of sp³-hybridized carbons (Fsp3) is 0.278. The molecule has 1 aliphatic rings. The molecule has 0 atom stereocenters. The third-order valence-electron chi connectivity index (χ3n) is 4.19. The lowest BCUT2D eigenvalue weighted by molar-refractivity contribution is -0.118. The molecular weight excluding hydrogens is 304 g/mol. The summed E-state index contributed by atoms with van der Waals surface area (Å²) in [5, 5.41) is 2.80. The Bertz CT molecular complexity index is 784. The van der Waals surface area contributed by atoms with Gasteiger partial charge in [0.25, 0.3) is 5.91 Å². The van der Waals surface area contributed by atoms with Crippen molar-refractivity contribution in [3.05, 3.63) is 47.7 Å². The van der Waals surface area contributed by atoms with E-state index in [2.05, 4.69) is 10.3 Å². The minimum absolute atomic E-state index is 0.102. The van der Waals surface area contributed by atoms with Crippen LogP contribution in [0.1, 0.15) is 22.3 Å². The SMILES string of the molecule is CN(C)c1ccc(NC(=O)c2ccc3c(c2)CCC(=O)N3C)nc1. The molecule has 2 amide bonds. The smallest absolute Gasteiger partial charge is 0.256 e.